The van der Waals surface area contributed by atoms with Crippen molar-refractivity contribution in [1.29, 1.82) is 0 Å². The van der Waals surface area contributed by atoms with E-state index < -0.39 is 0 Å². The van der Waals surface area contributed by atoms with Gasteiger partial charge >= 0.3 is 0 Å². The number of hydrogen-bond acceptors (Lipinski definition) is 1. The highest BCUT2D eigenvalue weighted by molar-refractivity contribution is 6.27. The van der Waals surface area contributed by atoms with E-state index in [0.717, 1.165) is 87.6 Å². The van der Waals surface area contributed by atoms with Gasteiger partial charge in [0, 0.05) is 16.2 Å². The van der Waals surface area contributed by atoms with Crippen molar-refractivity contribution in [2.75, 3.05) is 0 Å². The Balaban J connectivity index is 1.30. The van der Waals surface area contributed by atoms with Crippen LogP contribution in [0.2, 0.25) is 0 Å². The molecule has 0 saturated carbocycles. The van der Waals surface area contributed by atoms with Crippen molar-refractivity contribution in [2.24, 2.45) is 0 Å². The molecule has 1 nitrogen and oxygen atoms in total. The van der Waals surface area contributed by atoms with Crippen LogP contribution in [0.1, 0.15) is 5.48 Å². The summed E-state index contributed by atoms with van der Waals surface area (Å²) in [6.07, 6.45) is 0. The van der Waals surface area contributed by atoms with Crippen LogP contribution in [0.4, 0.5) is 0 Å². The molecule has 0 aliphatic heterocycles. The van der Waals surface area contributed by atoms with Gasteiger partial charge in [-0.3, -0.25) is 0 Å². The second-order valence-electron chi connectivity index (χ2n) is 12.5. The zero-order valence-electron chi connectivity index (χ0n) is 30.4. The van der Waals surface area contributed by atoms with E-state index in [-0.39, 0.29) is 24.2 Å². The van der Waals surface area contributed by atoms with E-state index in [2.05, 4.69) is 66.7 Å². The monoisotopic (exact) mass is 626 g/mol. The minimum atomic E-state index is -0.256. The molecule has 0 saturated heterocycles. The van der Waals surface area contributed by atoms with Gasteiger partial charge in [-0.15, -0.1) is 0 Å². The second kappa shape index (κ2) is 11.1. The Morgan fingerprint density at radius 3 is 1.61 bits per heavy atom. The molecule has 1 aromatic heterocycles. The lowest BCUT2D eigenvalue weighted by molar-refractivity contribution is 0.673. The molecule has 0 aliphatic carbocycles. The molecule has 9 aromatic carbocycles. The zero-order chi connectivity index (χ0) is 35.8. The van der Waals surface area contributed by atoms with Gasteiger partial charge in [0.15, 0.2) is 0 Å². The van der Waals surface area contributed by atoms with Gasteiger partial charge in [0.25, 0.3) is 0 Å². The van der Waals surface area contributed by atoms with Crippen LogP contribution in [0.15, 0.2) is 186 Å². The molecule has 49 heavy (non-hydrogen) atoms. The minimum absolute atomic E-state index is 0.0624. The first kappa shape index (κ1) is 23.8. The van der Waals surface area contributed by atoms with Crippen LogP contribution < -0.4 is 0 Å². The molecule has 0 amide bonds. The summed E-state index contributed by atoms with van der Waals surface area (Å²) in [7, 11) is 0. The number of hydrogen-bond donors (Lipinski definition) is 0. The summed E-state index contributed by atoms with van der Waals surface area (Å²) >= 11 is 0. The standard InChI is InChI=1S/C48H30O/c1-2-13-31(14-3-1)32-25-27-34(28-26-32)35-16-6-7-18-37(35)45-38-19-8-10-21-40(38)46(41-22-11-9-20-39(41)45)42-23-12-24-44-47(42)43-30-29-33-15-4-5-17-36(33)48(43)49-44/h1-30H/i6D,7D,16D,18D. The molecule has 0 spiro atoms. The molecule has 0 atom stereocenters. The van der Waals surface area contributed by atoms with Gasteiger partial charge in [-0.05, 0) is 83.6 Å². The smallest absolute Gasteiger partial charge is 0.143 e. The SMILES string of the molecule is [2H]c1c([2H])c([2H])c(-c2c3ccccc3c(-c3cccc4oc5c6ccccc6ccc5c34)c3ccccc23)c(-c2ccc(-c3ccccc3)cc2)c1[2H]. The van der Waals surface area contributed by atoms with Gasteiger partial charge in [0.05, 0.1) is 5.48 Å². The Morgan fingerprint density at radius 1 is 0.367 bits per heavy atom. The van der Waals surface area contributed by atoms with E-state index in [1.165, 1.54) is 0 Å². The molecule has 0 N–H and O–H groups in total. The number of furan rings is 1. The first-order valence-corrected chi connectivity index (χ1v) is 16.5. The molecule has 10 rings (SSSR count). The van der Waals surface area contributed by atoms with Crippen LogP contribution in [0, 0.1) is 0 Å². The van der Waals surface area contributed by atoms with Gasteiger partial charge in [0.1, 0.15) is 11.2 Å². The Hall–Kier alpha value is -6.44. The first-order valence-electron chi connectivity index (χ1n) is 18.5. The highest BCUT2D eigenvalue weighted by atomic mass is 16.3. The van der Waals surface area contributed by atoms with Crippen LogP contribution in [-0.4, -0.2) is 0 Å². The fourth-order valence-corrected chi connectivity index (χ4v) is 7.63. The summed E-state index contributed by atoms with van der Waals surface area (Å²) in [5.74, 6) is 0. The molecule has 228 valence electrons. The maximum Gasteiger partial charge on any atom is 0.143 e. The highest BCUT2D eigenvalue weighted by Gasteiger charge is 2.22. The molecule has 1 heterocycles. The van der Waals surface area contributed by atoms with E-state index >= 15 is 0 Å². The maximum absolute atomic E-state index is 9.45. The molecule has 0 bridgehead atoms. The summed E-state index contributed by atoms with van der Waals surface area (Å²) in [5.41, 5.74) is 8.35. The lowest BCUT2D eigenvalue weighted by Gasteiger charge is -2.20. The first-order chi connectivity index (χ1) is 26.0. The van der Waals surface area contributed by atoms with Crippen molar-refractivity contribution in [3.05, 3.63) is 182 Å². The molecule has 0 unspecified atom stereocenters. The highest BCUT2D eigenvalue weighted by Crippen LogP contribution is 2.48. The Kier molecular flexibility index (Phi) is 5.38. The average molecular weight is 627 g/mol. The van der Waals surface area contributed by atoms with Crippen LogP contribution in [0.25, 0.3) is 98.8 Å². The largest absolute Gasteiger partial charge is 0.455 e. The second-order valence-corrected chi connectivity index (χ2v) is 12.5. The van der Waals surface area contributed by atoms with Crippen LogP contribution in [0.3, 0.4) is 0 Å². The van der Waals surface area contributed by atoms with Crippen LogP contribution in [0.5, 0.6) is 0 Å². The molecule has 0 fully saturated rings. The van der Waals surface area contributed by atoms with Gasteiger partial charge in [-0.25, -0.2) is 0 Å². The van der Waals surface area contributed by atoms with Gasteiger partial charge < -0.3 is 4.42 Å². The van der Waals surface area contributed by atoms with Crippen molar-refractivity contribution in [2.45, 2.75) is 0 Å². The average Bonchev–Trinajstić information content (AvgIpc) is 3.61. The van der Waals surface area contributed by atoms with Crippen molar-refractivity contribution >= 4 is 54.3 Å². The van der Waals surface area contributed by atoms with Crippen LogP contribution >= 0.6 is 0 Å². The zero-order valence-corrected chi connectivity index (χ0v) is 26.4. The van der Waals surface area contributed by atoms with Crippen molar-refractivity contribution in [1.82, 2.24) is 0 Å². The summed E-state index contributed by atoms with van der Waals surface area (Å²) in [5, 5.41) is 8.07. The predicted octanol–water partition coefficient (Wildman–Crippen LogP) is 13.7. The van der Waals surface area contributed by atoms with Gasteiger partial charge in [-0.2, -0.15) is 0 Å². The molecule has 0 aliphatic rings. The van der Waals surface area contributed by atoms with E-state index in [1.807, 2.05) is 91.0 Å². The van der Waals surface area contributed by atoms with Gasteiger partial charge in [-0.1, -0.05) is 170 Å². The molecule has 10 aromatic rings. The molecular formula is C48H30O. The van der Waals surface area contributed by atoms with E-state index in [9.17, 15) is 2.74 Å². The summed E-state index contributed by atoms with van der Waals surface area (Å²) in [6.45, 7) is 0. The van der Waals surface area contributed by atoms with Crippen molar-refractivity contribution < 1.29 is 9.90 Å². The third-order valence-corrected chi connectivity index (χ3v) is 9.81. The lowest BCUT2D eigenvalue weighted by Crippen LogP contribution is -1.93. The predicted molar refractivity (Wildman–Crippen MR) is 208 cm³/mol. The van der Waals surface area contributed by atoms with Crippen molar-refractivity contribution in [3.8, 4) is 44.5 Å². The molecule has 0 radical (unpaired) electrons. The maximum atomic E-state index is 9.45. The van der Waals surface area contributed by atoms with Gasteiger partial charge in [0.2, 0.25) is 0 Å². The lowest BCUT2D eigenvalue weighted by atomic mass is 9.83. The summed E-state index contributed by atoms with van der Waals surface area (Å²) in [4.78, 5) is 0. The topological polar surface area (TPSA) is 13.1 Å². The molecule has 1 heteroatoms. The Bertz CT molecular complexity index is 3030. The van der Waals surface area contributed by atoms with E-state index in [0.29, 0.717) is 11.1 Å². The van der Waals surface area contributed by atoms with E-state index in [1.54, 1.807) is 0 Å². The third kappa shape index (κ3) is 4.33. The Morgan fingerprint density at radius 2 is 0.918 bits per heavy atom. The Labute approximate surface area is 289 Å². The summed E-state index contributed by atoms with van der Waals surface area (Å²) < 4.78 is 43.0. The van der Waals surface area contributed by atoms with Crippen LogP contribution in [-0.2, 0) is 0 Å². The summed E-state index contributed by atoms with van der Waals surface area (Å²) in [6, 6.07) is 52.8. The molecular weight excluding hydrogens is 593 g/mol. The fourth-order valence-electron chi connectivity index (χ4n) is 7.63. The number of rotatable bonds is 4. The number of benzene rings is 9. The fraction of sp³-hybridized carbons (Fsp3) is 0. The van der Waals surface area contributed by atoms with Crippen molar-refractivity contribution in [3.63, 3.8) is 0 Å². The third-order valence-electron chi connectivity index (χ3n) is 9.81. The van der Waals surface area contributed by atoms with E-state index in [4.69, 9.17) is 7.16 Å². The number of fused-ring (bicyclic) bond motifs is 7. The quantitative estimate of drug-likeness (QED) is 0.177. The minimum Gasteiger partial charge on any atom is -0.455 e. The normalized spacial score (nSPS) is 12.8.